The average Bonchev–Trinajstić information content (AvgIpc) is 2.61. The van der Waals surface area contributed by atoms with E-state index >= 15 is 0 Å². The third-order valence-corrected chi connectivity index (χ3v) is 4.49. The van der Waals surface area contributed by atoms with Gasteiger partial charge >= 0.3 is 11.7 Å². The Labute approximate surface area is 152 Å². The van der Waals surface area contributed by atoms with Crippen LogP contribution in [0.1, 0.15) is 21.7 Å². The van der Waals surface area contributed by atoms with Crippen molar-refractivity contribution in [2.45, 2.75) is 6.42 Å². The molecule has 0 spiro atoms. The standard InChI is InChI=1S/C17H12Cl2N2O4/c1-25-17(22)16-15(7-10-5-3-2-4-6-10)20(23)13-8-11(18)12(19)9-14(13)21(16)24/h2-6,8-9H,7H2,1H3. The molecule has 3 rings (SSSR count). The number of fused-ring (bicyclic) bond motifs is 1. The van der Waals surface area contributed by atoms with Gasteiger partial charge in [-0.3, -0.25) is 0 Å². The second kappa shape index (κ2) is 6.74. The van der Waals surface area contributed by atoms with Crippen LogP contribution in [0.25, 0.3) is 11.0 Å². The molecule has 6 nitrogen and oxygen atoms in total. The van der Waals surface area contributed by atoms with Gasteiger partial charge in [-0.25, -0.2) is 4.79 Å². The number of benzene rings is 2. The molecule has 0 saturated carbocycles. The van der Waals surface area contributed by atoms with Crippen LogP contribution in [0.15, 0.2) is 42.5 Å². The molecule has 1 heterocycles. The van der Waals surface area contributed by atoms with Gasteiger partial charge in [-0.05, 0) is 11.6 Å². The van der Waals surface area contributed by atoms with Gasteiger partial charge in [0.2, 0.25) is 0 Å². The molecule has 2 aromatic carbocycles. The Morgan fingerprint density at radius 1 is 1.20 bits per heavy atom. The molecule has 128 valence electrons. The molecule has 3 aromatic rings. The first-order chi connectivity index (χ1) is 11.9. The summed E-state index contributed by atoms with van der Waals surface area (Å²) in [7, 11) is 1.14. The summed E-state index contributed by atoms with van der Waals surface area (Å²) >= 11 is 11.9. The highest BCUT2D eigenvalue weighted by molar-refractivity contribution is 6.42. The highest BCUT2D eigenvalue weighted by Crippen LogP contribution is 2.27. The van der Waals surface area contributed by atoms with Gasteiger partial charge in [-0.2, -0.15) is 0 Å². The SMILES string of the molecule is COC(=O)c1c(Cc2ccccc2)n([O-])c2cc(Cl)c(Cl)cc2[n+]1=O. The zero-order valence-corrected chi connectivity index (χ0v) is 14.5. The van der Waals surface area contributed by atoms with E-state index in [1.807, 2.05) is 6.07 Å². The maximum Gasteiger partial charge on any atom is 0.410 e. The third kappa shape index (κ3) is 3.06. The molecule has 0 atom stereocenters. The summed E-state index contributed by atoms with van der Waals surface area (Å²) in [5.41, 5.74) is 0.299. The van der Waals surface area contributed by atoms with E-state index in [4.69, 9.17) is 23.2 Å². The number of esters is 1. The van der Waals surface area contributed by atoms with Gasteiger partial charge in [0.25, 0.3) is 5.52 Å². The van der Waals surface area contributed by atoms with Crippen molar-refractivity contribution in [2.24, 2.45) is 0 Å². The molecule has 25 heavy (non-hydrogen) atoms. The zero-order valence-electron chi connectivity index (χ0n) is 13.0. The first-order valence-electron chi connectivity index (χ1n) is 7.23. The largest absolute Gasteiger partial charge is 0.805 e. The Morgan fingerprint density at radius 3 is 2.48 bits per heavy atom. The van der Waals surface area contributed by atoms with Crippen molar-refractivity contribution in [2.75, 3.05) is 7.11 Å². The Kier molecular flexibility index (Phi) is 4.65. The highest BCUT2D eigenvalue weighted by atomic mass is 35.5. The Balaban J connectivity index is 2.37. The fourth-order valence-corrected chi connectivity index (χ4v) is 2.89. The average molecular weight is 379 g/mol. The Morgan fingerprint density at radius 2 is 1.84 bits per heavy atom. The summed E-state index contributed by atoms with van der Waals surface area (Å²) in [6.45, 7) is 0. The van der Waals surface area contributed by atoms with Crippen LogP contribution in [0.3, 0.4) is 0 Å². The molecule has 0 fully saturated rings. The van der Waals surface area contributed by atoms with Crippen LogP contribution >= 0.6 is 23.2 Å². The fourth-order valence-electron chi connectivity index (χ4n) is 2.57. The van der Waals surface area contributed by atoms with E-state index in [2.05, 4.69) is 4.74 Å². The van der Waals surface area contributed by atoms with Crippen molar-refractivity contribution in [3.63, 3.8) is 0 Å². The van der Waals surface area contributed by atoms with Crippen LogP contribution in [0.4, 0.5) is 0 Å². The maximum absolute atomic E-state index is 12.8. The fraction of sp³-hybridized carbons (Fsp3) is 0.118. The van der Waals surface area contributed by atoms with Crippen molar-refractivity contribution < 1.29 is 14.0 Å². The summed E-state index contributed by atoms with van der Waals surface area (Å²) in [6.07, 6.45) is 0.0766. The zero-order chi connectivity index (χ0) is 18.1. The maximum atomic E-state index is 12.8. The lowest BCUT2D eigenvalue weighted by atomic mass is 10.1. The van der Waals surface area contributed by atoms with Crippen LogP contribution < -0.4 is 4.43 Å². The summed E-state index contributed by atoms with van der Waals surface area (Å²) in [4.78, 5) is 24.9. The molecule has 0 N–H and O–H groups in total. The van der Waals surface area contributed by atoms with Gasteiger partial charge in [0.1, 0.15) is 11.2 Å². The number of nitrogens with zero attached hydrogens (tertiary/aromatic N) is 2. The monoisotopic (exact) mass is 378 g/mol. The number of rotatable bonds is 3. The number of aromatic nitrogens is 2. The Hall–Kier alpha value is -2.57. The molecular weight excluding hydrogens is 367 g/mol. The van der Waals surface area contributed by atoms with E-state index in [1.54, 1.807) is 24.3 Å². The van der Waals surface area contributed by atoms with Crippen molar-refractivity contribution in [3.05, 3.63) is 79.6 Å². The number of ether oxygens (including phenoxy) is 1. The van der Waals surface area contributed by atoms with E-state index < -0.39 is 5.97 Å². The van der Waals surface area contributed by atoms with Crippen LogP contribution in [-0.2, 0) is 11.2 Å². The highest BCUT2D eigenvalue weighted by Gasteiger charge is 2.30. The molecule has 0 aliphatic rings. The molecule has 0 bridgehead atoms. The third-order valence-electron chi connectivity index (χ3n) is 3.77. The minimum absolute atomic E-state index is 0.0167. The van der Waals surface area contributed by atoms with Crippen molar-refractivity contribution in [1.29, 1.82) is 0 Å². The second-order valence-corrected chi connectivity index (χ2v) is 6.11. The van der Waals surface area contributed by atoms with Gasteiger partial charge in [-0.1, -0.05) is 53.5 Å². The molecule has 0 aliphatic carbocycles. The number of hydrogen-bond acceptors (Lipinski definition) is 4. The van der Waals surface area contributed by atoms with E-state index in [9.17, 15) is 14.9 Å². The number of methoxy groups -OCH3 is 1. The lowest BCUT2D eigenvalue weighted by Crippen LogP contribution is -2.32. The van der Waals surface area contributed by atoms with E-state index in [0.717, 1.165) is 12.7 Å². The Bertz CT molecular complexity index is 1030. The lowest BCUT2D eigenvalue weighted by Gasteiger charge is -2.19. The molecule has 0 unspecified atom stereocenters. The first kappa shape index (κ1) is 17.3. The van der Waals surface area contributed by atoms with E-state index in [1.165, 1.54) is 12.1 Å². The van der Waals surface area contributed by atoms with Gasteiger partial charge in [0.15, 0.2) is 0 Å². The van der Waals surface area contributed by atoms with Gasteiger partial charge in [0.05, 0.1) is 21.6 Å². The molecule has 1 aromatic heterocycles. The van der Waals surface area contributed by atoms with Crippen molar-refractivity contribution >= 4 is 40.2 Å². The lowest BCUT2D eigenvalue weighted by molar-refractivity contribution is -0.469. The molecule has 0 saturated heterocycles. The quantitative estimate of drug-likeness (QED) is 0.515. The van der Waals surface area contributed by atoms with Gasteiger partial charge in [0, 0.05) is 17.4 Å². The molecule has 0 aliphatic heterocycles. The number of halogens is 2. The second-order valence-electron chi connectivity index (χ2n) is 5.29. The molecular formula is C17H12Cl2N2O4. The summed E-state index contributed by atoms with van der Waals surface area (Å²) in [6, 6.07) is 11.5. The van der Waals surface area contributed by atoms with Crippen LogP contribution in [0.5, 0.6) is 0 Å². The molecule has 8 heteroatoms. The smallest absolute Gasteiger partial charge is 0.410 e. The molecule has 0 radical (unpaired) electrons. The normalized spacial score (nSPS) is 10.8. The minimum Gasteiger partial charge on any atom is -0.805 e. The predicted octanol–water partition coefficient (Wildman–Crippen LogP) is 3.59. The number of carbonyl (C=O) groups is 1. The first-order valence-corrected chi connectivity index (χ1v) is 7.98. The van der Waals surface area contributed by atoms with Crippen LogP contribution in [-0.4, -0.2) is 17.8 Å². The van der Waals surface area contributed by atoms with Crippen molar-refractivity contribution in [1.82, 2.24) is 4.73 Å². The van der Waals surface area contributed by atoms with Crippen LogP contribution in [0.2, 0.25) is 10.0 Å². The number of carbonyl (C=O) groups excluding carboxylic acids is 1. The topological polar surface area (TPSA) is 77.3 Å². The summed E-state index contributed by atoms with van der Waals surface area (Å²) < 4.78 is 5.56. The summed E-state index contributed by atoms with van der Waals surface area (Å²) in [5, 5.41) is 13.1. The molecule has 0 amide bonds. The minimum atomic E-state index is -0.904. The number of hydrogen-bond donors (Lipinski definition) is 0. The van der Waals surface area contributed by atoms with Crippen molar-refractivity contribution in [3.8, 4) is 0 Å². The van der Waals surface area contributed by atoms with E-state index in [-0.39, 0.29) is 38.9 Å². The van der Waals surface area contributed by atoms with Gasteiger partial charge in [-0.15, -0.1) is 0 Å². The summed E-state index contributed by atoms with van der Waals surface area (Å²) in [5.74, 6) is -0.904. The van der Waals surface area contributed by atoms with Crippen LogP contribution in [0, 0.1) is 10.1 Å². The van der Waals surface area contributed by atoms with Gasteiger partial charge < -0.3 is 14.7 Å². The van der Waals surface area contributed by atoms with E-state index in [0.29, 0.717) is 9.16 Å². The predicted molar refractivity (Wildman–Crippen MR) is 94.7 cm³/mol.